The van der Waals surface area contributed by atoms with Crippen molar-refractivity contribution in [3.05, 3.63) is 47.5 Å². The third-order valence-electron chi connectivity index (χ3n) is 2.92. The van der Waals surface area contributed by atoms with E-state index in [1.54, 1.807) is 0 Å². The van der Waals surface area contributed by atoms with E-state index in [4.69, 9.17) is 4.74 Å². The third-order valence-corrected chi connectivity index (χ3v) is 2.92. The van der Waals surface area contributed by atoms with Gasteiger partial charge in [-0.2, -0.15) is 0 Å². The van der Waals surface area contributed by atoms with Crippen LogP contribution >= 0.6 is 0 Å². The minimum Gasteiger partial charge on any atom is -0.377 e. The summed E-state index contributed by atoms with van der Waals surface area (Å²) >= 11 is 0. The second kappa shape index (κ2) is 5.83. The van der Waals surface area contributed by atoms with Crippen LogP contribution in [-0.4, -0.2) is 19.8 Å². The van der Waals surface area contributed by atoms with Crippen LogP contribution in [-0.2, 0) is 4.74 Å². The van der Waals surface area contributed by atoms with Crippen LogP contribution in [0.5, 0.6) is 0 Å². The molecule has 86 valence electrons. The minimum absolute atomic E-state index is 0.393. The standard InChI is InChI=1S/C14H19NO/c1-12(14-7-3-2-4-8-14)15-10-13-6-5-9-16-11-13/h2-4,6-8,12,15H,5,9-11H2,1H3/t12-/m0/s1. The first kappa shape index (κ1) is 11.4. The Hall–Kier alpha value is -1.12. The second-order valence-electron chi connectivity index (χ2n) is 4.22. The van der Waals surface area contributed by atoms with Gasteiger partial charge in [-0.05, 0) is 24.5 Å². The summed E-state index contributed by atoms with van der Waals surface area (Å²) in [6.45, 7) is 4.78. The van der Waals surface area contributed by atoms with E-state index in [0.717, 1.165) is 26.2 Å². The molecule has 1 aromatic rings. The molecule has 16 heavy (non-hydrogen) atoms. The molecule has 0 fully saturated rings. The molecule has 0 radical (unpaired) electrons. The van der Waals surface area contributed by atoms with Crippen molar-refractivity contribution < 1.29 is 4.74 Å². The topological polar surface area (TPSA) is 21.3 Å². The smallest absolute Gasteiger partial charge is 0.0689 e. The van der Waals surface area contributed by atoms with Crippen LogP contribution < -0.4 is 5.32 Å². The Morgan fingerprint density at radius 1 is 1.31 bits per heavy atom. The quantitative estimate of drug-likeness (QED) is 0.783. The maximum atomic E-state index is 5.41. The van der Waals surface area contributed by atoms with Gasteiger partial charge in [-0.15, -0.1) is 0 Å². The Bertz CT molecular complexity index is 345. The number of benzene rings is 1. The molecule has 1 atom stereocenters. The van der Waals surface area contributed by atoms with Gasteiger partial charge in [-0.3, -0.25) is 0 Å². The first-order chi connectivity index (χ1) is 7.86. The van der Waals surface area contributed by atoms with Crippen molar-refractivity contribution in [2.45, 2.75) is 19.4 Å². The van der Waals surface area contributed by atoms with Crippen molar-refractivity contribution in [3.63, 3.8) is 0 Å². The van der Waals surface area contributed by atoms with Crippen molar-refractivity contribution in [3.8, 4) is 0 Å². The molecular weight excluding hydrogens is 198 g/mol. The molecule has 0 unspecified atom stereocenters. The lowest BCUT2D eigenvalue weighted by Gasteiger charge is -2.18. The van der Waals surface area contributed by atoms with Crippen LogP contribution in [0, 0.1) is 0 Å². The molecule has 1 N–H and O–H groups in total. The lowest BCUT2D eigenvalue weighted by molar-refractivity contribution is 0.148. The highest BCUT2D eigenvalue weighted by Gasteiger charge is 2.07. The van der Waals surface area contributed by atoms with E-state index in [2.05, 4.69) is 42.6 Å². The maximum Gasteiger partial charge on any atom is 0.0689 e. The minimum atomic E-state index is 0.393. The van der Waals surface area contributed by atoms with E-state index in [1.165, 1.54) is 11.1 Å². The molecule has 1 aromatic carbocycles. The number of rotatable bonds is 4. The summed E-state index contributed by atoms with van der Waals surface area (Å²) in [5, 5.41) is 3.52. The van der Waals surface area contributed by atoms with E-state index in [1.807, 2.05) is 6.07 Å². The highest BCUT2D eigenvalue weighted by Crippen LogP contribution is 2.12. The Kier molecular flexibility index (Phi) is 4.14. The zero-order valence-corrected chi connectivity index (χ0v) is 9.78. The fourth-order valence-electron chi connectivity index (χ4n) is 1.88. The highest BCUT2D eigenvalue weighted by molar-refractivity contribution is 5.18. The predicted octanol–water partition coefficient (Wildman–Crippen LogP) is 2.68. The summed E-state index contributed by atoms with van der Waals surface area (Å²) in [5.74, 6) is 0. The average molecular weight is 217 g/mol. The first-order valence-electron chi connectivity index (χ1n) is 5.90. The Morgan fingerprint density at radius 3 is 2.81 bits per heavy atom. The van der Waals surface area contributed by atoms with Gasteiger partial charge in [0.05, 0.1) is 13.2 Å². The van der Waals surface area contributed by atoms with Gasteiger partial charge in [-0.1, -0.05) is 36.4 Å². The van der Waals surface area contributed by atoms with Crippen molar-refractivity contribution in [2.75, 3.05) is 19.8 Å². The highest BCUT2D eigenvalue weighted by atomic mass is 16.5. The van der Waals surface area contributed by atoms with E-state index < -0.39 is 0 Å². The van der Waals surface area contributed by atoms with Crippen molar-refractivity contribution in [2.24, 2.45) is 0 Å². The zero-order valence-electron chi connectivity index (χ0n) is 9.78. The van der Waals surface area contributed by atoms with E-state index in [0.29, 0.717) is 6.04 Å². The van der Waals surface area contributed by atoms with Crippen molar-refractivity contribution >= 4 is 0 Å². The third kappa shape index (κ3) is 3.19. The summed E-state index contributed by atoms with van der Waals surface area (Å²) in [6, 6.07) is 10.9. The van der Waals surface area contributed by atoms with E-state index in [-0.39, 0.29) is 0 Å². The average Bonchev–Trinajstić information content (AvgIpc) is 2.38. The van der Waals surface area contributed by atoms with Crippen LogP contribution in [0.2, 0.25) is 0 Å². The predicted molar refractivity (Wildman–Crippen MR) is 66.4 cm³/mol. The summed E-state index contributed by atoms with van der Waals surface area (Å²) in [4.78, 5) is 0. The van der Waals surface area contributed by atoms with Gasteiger partial charge < -0.3 is 10.1 Å². The molecule has 1 heterocycles. The molecule has 0 aliphatic carbocycles. The molecular formula is C14H19NO. The van der Waals surface area contributed by atoms with Crippen molar-refractivity contribution in [1.82, 2.24) is 5.32 Å². The van der Waals surface area contributed by atoms with Crippen LogP contribution in [0.4, 0.5) is 0 Å². The lowest BCUT2D eigenvalue weighted by atomic mass is 10.1. The first-order valence-corrected chi connectivity index (χ1v) is 5.90. The molecule has 2 rings (SSSR count). The van der Waals surface area contributed by atoms with E-state index in [9.17, 15) is 0 Å². The van der Waals surface area contributed by atoms with Gasteiger partial charge >= 0.3 is 0 Å². The Labute approximate surface area is 97.3 Å². The molecule has 0 amide bonds. The Balaban J connectivity index is 1.84. The van der Waals surface area contributed by atoms with Crippen LogP contribution in [0.1, 0.15) is 24.9 Å². The number of hydrogen-bond donors (Lipinski definition) is 1. The van der Waals surface area contributed by atoms with Crippen LogP contribution in [0.15, 0.2) is 42.0 Å². The largest absolute Gasteiger partial charge is 0.377 e. The molecule has 0 bridgehead atoms. The number of nitrogens with one attached hydrogen (secondary N) is 1. The monoisotopic (exact) mass is 217 g/mol. The molecule has 0 saturated heterocycles. The molecule has 1 aliphatic heterocycles. The van der Waals surface area contributed by atoms with Gasteiger partial charge in [0.25, 0.3) is 0 Å². The molecule has 0 saturated carbocycles. The van der Waals surface area contributed by atoms with Crippen LogP contribution in [0.25, 0.3) is 0 Å². The zero-order chi connectivity index (χ0) is 11.2. The fraction of sp³-hybridized carbons (Fsp3) is 0.429. The summed E-state index contributed by atoms with van der Waals surface area (Å²) < 4.78 is 5.41. The molecule has 1 aliphatic rings. The van der Waals surface area contributed by atoms with Gasteiger partial charge in [0.15, 0.2) is 0 Å². The normalized spacial score (nSPS) is 17.9. The Morgan fingerprint density at radius 2 is 2.12 bits per heavy atom. The SMILES string of the molecule is C[C@H](NCC1=CCCOC1)c1ccccc1. The van der Waals surface area contributed by atoms with Crippen LogP contribution in [0.3, 0.4) is 0 Å². The molecule has 0 spiro atoms. The summed E-state index contributed by atoms with van der Waals surface area (Å²) in [7, 11) is 0. The summed E-state index contributed by atoms with van der Waals surface area (Å²) in [5.41, 5.74) is 2.70. The lowest BCUT2D eigenvalue weighted by Crippen LogP contribution is -2.24. The second-order valence-corrected chi connectivity index (χ2v) is 4.22. The molecule has 2 nitrogen and oxygen atoms in total. The van der Waals surface area contributed by atoms with Gasteiger partial charge in [0.2, 0.25) is 0 Å². The maximum absolute atomic E-state index is 5.41. The summed E-state index contributed by atoms with van der Waals surface area (Å²) in [6.07, 6.45) is 3.34. The van der Waals surface area contributed by atoms with Gasteiger partial charge in [0, 0.05) is 12.6 Å². The van der Waals surface area contributed by atoms with E-state index >= 15 is 0 Å². The molecule has 0 aromatic heterocycles. The van der Waals surface area contributed by atoms with Gasteiger partial charge in [-0.25, -0.2) is 0 Å². The van der Waals surface area contributed by atoms with Gasteiger partial charge in [0.1, 0.15) is 0 Å². The number of ether oxygens (including phenoxy) is 1. The molecule has 2 heteroatoms. The fourth-order valence-corrected chi connectivity index (χ4v) is 1.88. The van der Waals surface area contributed by atoms with Crippen molar-refractivity contribution in [1.29, 1.82) is 0 Å². The number of hydrogen-bond acceptors (Lipinski definition) is 2.